The number of hydrogen-bond acceptors (Lipinski definition) is 5. The van der Waals surface area contributed by atoms with E-state index in [0.29, 0.717) is 12.1 Å². The van der Waals surface area contributed by atoms with Gasteiger partial charge in [-0.15, -0.1) is 0 Å². The molecular weight excluding hydrogens is 348 g/mol. The zero-order valence-electron chi connectivity index (χ0n) is 15.2. The number of amides is 2. The number of benzene rings is 2. The highest BCUT2D eigenvalue weighted by atomic mass is 16.5. The van der Waals surface area contributed by atoms with Gasteiger partial charge in [-0.1, -0.05) is 30.3 Å². The maximum absolute atomic E-state index is 12.0. The van der Waals surface area contributed by atoms with Crippen LogP contribution in [0.2, 0.25) is 0 Å². The summed E-state index contributed by atoms with van der Waals surface area (Å²) in [6.45, 7) is 1.39. The average molecular weight is 370 g/mol. The lowest BCUT2D eigenvalue weighted by Gasteiger charge is -2.13. The molecule has 0 radical (unpaired) electrons. The second-order valence-corrected chi connectivity index (χ2v) is 5.79. The zero-order chi connectivity index (χ0) is 19.6. The minimum atomic E-state index is -0.868. The molecule has 0 aliphatic rings. The highest BCUT2D eigenvalue weighted by Crippen LogP contribution is 2.10. The molecule has 0 unspecified atom stereocenters. The molecular formula is C20H22N2O5. The van der Waals surface area contributed by atoms with Gasteiger partial charge in [0.25, 0.3) is 11.8 Å². The molecule has 142 valence electrons. The molecule has 1 atom stereocenters. The lowest BCUT2D eigenvalue weighted by Crippen LogP contribution is -2.40. The third kappa shape index (κ3) is 6.47. The van der Waals surface area contributed by atoms with Gasteiger partial charge in [-0.2, -0.15) is 0 Å². The van der Waals surface area contributed by atoms with Crippen molar-refractivity contribution in [1.29, 1.82) is 0 Å². The van der Waals surface area contributed by atoms with Crippen LogP contribution in [0.15, 0.2) is 54.6 Å². The third-order valence-electron chi connectivity index (χ3n) is 3.73. The number of carbonyl (C=O) groups excluding carboxylic acids is 3. The first-order chi connectivity index (χ1) is 13.0. The van der Waals surface area contributed by atoms with Crippen LogP contribution in [0.5, 0.6) is 5.75 Å². The van der Waals surface area contributed by atoms with Gasteiger partial charge in [-0.05, 0) is 36.8 Å². The summed E-state index contributed by atoms with van der Waals surface area (Å²) < 4.78 is 10.0. The number of ether oxygens (including phenoxy) is 2. The fourth-order valence-corrected chi connectivity index (χ4v) is 2.19. The molecule has 7 nitrogen and oxygen atoms in total. The molecule has 2 aromatic rings. The normalized spacial score (nSPS) is 11.2. The number of hydrogen-bond donors (Lipinski definition) is 2. The van der Waals surface area contributed by atoms with E-state index in [0.717, 1.165) is 11.3 Å². The van der Waals surface area contributed by atoms with Crippen molar-refractivity contribution in [3.63, 3.8) is 0 Å². The van der Waals surface area contributed by atoms with Gasteiger partial charge >= 0.3 is 5.97 Å². The van der Waals surface area contributed by atoms with E-state index < -0.39 is 24.5 Å². The monoisotopic (exact) mass is 370 g/mol. The Kier molecular flexibility index (Phi) is 7.37. The minimum absolute atomic E-state index is 0.306. The average Bonchev–Trinajstić information content (AvgIpc) is 2.71. The molecule has 0 aliphatic heterocycles. The van der Waals surface area contributed by atoms with E-state index >= 15 is 0 Å². The molecule has 2 aromatic carbocycles. The summed E-state index contributed by atoms with van der Waals surface area (Å²) in [5.74, 6) is -0.769. The van der Waals surface area contributed by atoms with Gasteiger partial charge in [0.2, 0.25) is 0 Å². The summed E-state index contributed by atoms with van der Waals surface area (Å²) in [6.07, 6.45) is 0. The second kappa shape index (κ2) is 9.96. The van der Waals surface area contributed by atoms with Crippen LogP contribution in [0.3, 0.4) is 0 Å². The van der Waals surface area contributed by atoms with E-state index in [1.807, 2.05) is 12.1 Å². The Morgan fingerprint density at radius 1 is 1.00 bits per heavy atom. The molecule has 2 rings (SSSR count). The summed E-state index contributed by atoms with van der Waals surface area (Å²) in [6, 6.07) is 14.9. The van der Waals surface area contributed by atoms with Crippen LogP contribution >= 0.6 is 0 Å². The number of methoxy groups -OCH3 is 1. The van der Waals surface area contributed by atoms with Gasteiger partial charge in [0.1, 0.15) is 11.8 Å². The van der Waals surface area contributed by atoms with Gasteiger partial charge in [0, 0.05) is 12.1 Å². The number of carbonyl (C=O) groups is 3. The maximum Gasteiger partial charge on any atom is 0.328 e. The summed E-state index contributed by atoms with van der Waals surface area (Å²) in [5, 5.41) is 5.18. The Morgan fingerprint density at radius 2 is 1.67 bits per heavy atom. The highest BCUT2D eigenvalue weighted by molar-refractivity contribution is 5.96. The first-order valence-corrected chi connectivity index (χ1v) is 8.41. The summed E-state index contributed by atoms with van der Waals surface area (Å²) in [7, 11) is 1.58. The summed E-state index contributed by atoms with van der Waals surface area (Å²) in [4.78, 5) is 35.7. The van der Waals surface area contributed by atoms with Crippen molar-refractivity contribution in [1.82, 2.24) is 10.6 Å². The van der Waals surface area contributed by atoms with Crippen LogP contribution in [0, 0.1) is 0 Å². The third-order valence-corrected chi connectivity index (χ3v) is 3.73. The lowest BCUT2D eigenvalue weighted by molar-refractivity contribution is -0.150. The Bertz CT molecular complexity index is 775. The van der Waals surface area contributed by atoms with Gasteiger partial charge in [-0.25, -0.2) is 4.79 Å². The predicted molar refractivity (Wildman–Crippen MR) is 99.2 cm³/mol. The quantitative estimate of drug-likeness (QED) is 0.690. The molecule has 0 bridgehead atoms. The predicted octanol–water partition coefficient (Wildman–Crippen LogP) is 1.67. The van der Waals surface area contributed by atoms with Crippen molar-refractivity contribution < 1.29 is 23.9 Å². The minimum Gasteiger partial charge on any atom is -0.497 e. The highest BCUT2D eigenvalue weighted by Gasteiger charge is 2.18. The molecule has 0 fully saturated rings. The molecule has 0 heterocycles. The SMILES string of the molecule is COc1ccc(CNC(=O)COC(=O)[C@H](C)NC(=O)c2ccccc2)cc1. The molecule has 0 spiro atoms. The van der Waals surface area contributed by atoms with Gasteiger partial charge in [-0.3, -0.25) is 9.59 Å². The molecule has 0 aliphatic carbocycles. The van der Waals surface area contributed by atoms with Crippen LogP contribution in [0.4, 0.5) is 0 Å². The van der Waals surface area contributed by atoms with E-state index in [2.05, 4.69) is 10.6 Å². The van der Waals surface area contributed by atoms with Crippen molar-refractivity contribution in [3.8, 4) is 5.75 Å². The van der Waals surface area contributed by atoms with E-state index in [1.165, 1.54) is 6.92 Å². The molecule has 0 saturated carbocycles. The van der Waals surface area contributed by atoms with Crippen LogP contribution < -0.4 is 15.4 Å². The molecule has 2 amide bonds. The standard InChI is InChI=1S/C20H22N2O5/c1-14(22-19(24)16-6-4-3-5-7-16)20(25)27-13-18(23)21-12-15-8-10-17(26-2)11-9-15/h3-11,14H,12-13H2,1-2H3,(H,21,23)(H,22,24)/t14-/m0/s1. The van der Waals surface area contributed by atoms with Crippen LogP contribution in [0.1, 0.15) is 22.8 Å². The molecule has 27 heavy (non-hydrogen) atoms. The summed E-state index contributed by atoms with van der Waals surface area (Å²) in [5.41, 5.74) is 1.33. The largest absolute Gasteiger partial charge is 0.497 e. The second-order valence-electron chi connectivity index (χ2n) is 5.79. The fourth-order valence-electron chi connectivity index (χ4n) is 2.19. The van der Waals surface area contributed by atoms with Crippen LogP contribution in [-0.4, -0.2) is 37.5 Å². The lowest BCUT2D eigenvalue weighted by atomic mass is 10.2. The van der Waals surface area contributed by atoms with E-state index in [1.54, 1.807) is 49.6 Å². The van der Waals surface area contributed by atoms with Crippen LogP contribution in [-0.2, 0) is 20.9 Å². The Labute approximate surface area is 157 Å². The number of esters is 1. The van der Waals surface area contributed by atoms with Crippen molar-refractivity contribution in [2.24, 2.45) is 0 Å². The topological polar surface area (TPSA) is 93.7 Å². The van der Waals surface area contributed by atoms with Crippen LogP contribution in [0.25, 0.3) is 0 Å². The molecule has 0 saturated heterocycles. The maximum atomic E-state index is 12.0. The Balaban J connectivity index is 1.71. The van der Waals surface area contributed by atoms with E-state index in [-0.39, 0.29) is 5.91 Å². The van der Waals surface area contributed by atoms with Crippen molar-refractivity contribution in [3.05, 3.63) is 65.7 Å². The van der Waals surface area contributed by atoms with E-state index in [4.69, 9.17) is 9.47 Å². The summed E-state index contributed by atoms with van der Waals surface area (Å²) >= 11 is 0. The molecule has 7 heteroatoms. The molecule has 0 aromatic heterocycles. The van der Waals surface area contributed by atoms with Crippen molar-refractivity contribution >= 4 is 17.8 Å². The van der Waals surface area contributed by atoms with Gasteiger partial charge < -0.3 is 20.1 Å². The molecule has 2 N–H and O–H groups in total. The first kappa shape index (κ1) is 20.0. The smallest absolute Gasteiger partial charge is 0.328 e. The Hall–Kier alpha value is -3.35. The van der Waals surface area contributed by atoms with E-state index in [9.17, 15) is 14.4 Å². The number of nitrogens with one attached hydrogen (secondary N) is 2. The number of rotatable bonds is 8. The Morgan fingerprint density at radius 3 is 2.30 bits per heavy atom. The zero-order valence-corrected chi connectivity index (χ0v) is 15.2. The van der Waals surface area contributed by atoms with Gasteiger partial charge in [0.15, 0.2) is 6.61 Å². The van der Waals surface area contributed by atoms with Crippen molar-refractivity contribution in [2.45, 2.75) is 19.5 Å². The van der Waals surface area contributed by atoms with Gasteiger partial charge in [0.05, 0.1) is 7.11 Å². The van der Waals surface area contributed by atoms with Crippen molar-refractivity contribution in [2.75, 3.05) is 13.7 Å². The first-order valence-electron chi connectivity index (χ1n) is 8.41. The fraction of sp³-hybridized carbons (Fsp3) is 0.250.